The maximum atomic E-state index is 12.8. The summed E-state index contributed by atoms with van der Waals surface area (Å²) in [4.78, 5) is 14.9. The zero-order valence-corrected chi connectivity index (χ0v) is 14.3. The molecule has 1 aromatic rings. The van der Waals surface area contributed by atoms with E-state index >= 15 is 0 Å². The van der Waals surface area contributed by atoms with Crippen LogP contribution in [0.2, 0.25) is 0 Å². The Morgan fingerprint density at radius 2 is 2.05 bits per heavy atom. The Labute approximate surface area is 135 Å². The number of rotatable bonds is 7. The standard InChI is InChI=1S/C19H30N2O/c1-4-12-21(18-10-11-20-14-18)19(22)13-16(5-2)17-8-6-15(3)7-9-17/h6-9,16,18,20H,4-5,10-14H2,1-3H3. The maximum Gasteiger partial charge on any atom is 0.223 e. The van der Waals surface area contributed by atoms with E-state index in [1.165, 1.54) is 11.1 Å². The molecule has 0 aliphatic carbocycles. The third kappa shape index (κ3) is 4.33. The Morgan fingerprint density at radius 1 is 1.32 bits per heavy atom. The molecule has 1 saturated heterocycles. The second-order valence-electron chi connectivity index (χ2n) is 6.45. The molecule has 0 radical (unpaired) electrons. The van der Waals surface area contributed by atoms with Crippen LogP contribution >= 0.6 is 0 Å². The van der Waals surface area contributed by atoms with Gasteiger partial charge in [-0.1, -0.05) is 43.7 Å². The third-order valence-corrected chi connectivity index (χ3v) is 4.72. The van der Waals surface area contributed by atoms with Gasteiger partial charge in [0.2, 0.25) is 5.91 Å². The van der Waals surface area contributed by atoms with Crippen molar-refractivity contribution in [2.24, 2.45) is 0 Å². The van der Waals surface area contributed by atoms with Gasteiger partial charge in [0, 0.05) is 25.6 Å². The molecule has 122 valence electrons. The third-order valence-electron chi connectivity index (χ3n) is 4.72. The number of nitrogens with one attached hydrogen (secondary N) is 1. The van der Waals surface area contributed by atoms with Gasteiger partial charge in [-0.3, -0.25) is 4.79 Å². The van der Waals surface area contributed by atoms with E-state index in [1.807, 2.05) is 0 Å². The van der Waals surface area contributed by atoms with Gasteiger partial charge in [0.1, 0.15) is 0 Å². The lowest BCUT2D eigenvalue weighted by Crippen LogP contribution is -2.42. The highest BCUT2D eigenvalue weighted by Crippen LogP contribution is 2.25. The molecule has 0 aromatic heterocycles. The summed E-state index contributed by atoms with van der Waals surface area (Å²) < 4.78 is 0. The van der Waals surface area contributed by atoms with E-state index in [0.717, 1.165) is 38.9 Å². The average molecular weight is 302 g/mol. The largest absolute Gasteiger partial charge is 0.338 e. The van der Waals surface area contributed by atoms with Gasteiger partial charge >= 0.3 is 0 Å². The zero-order chi connectivity index (χ0) is 15.9. The monoisotopic (exact) mass is 302 g/mol. The number of amides is 1. The minimum absolute atomic E-state index is 0.322. The molecule has 1 aromatic carbocycles. The molecule has 1 aliphatic rings. The molecule has 3 nitrogen and oxygen atoms in total. The van der Waals surface area contributed by atoms with Crippen LogP contribution in [0.1, 0.15) is 56.6 Å². The van der Waals surface area contributed by atoms with E-state index in [1.54, 1.807) is 0 Å². The smallest absolute Gasteiger partial charge is 0.223 e. The van der Waals surface area contributed by atoms with Gasteiger partial charge in [-0.05, 0) is 44.2 Å². The van der Waals surface area contributed by atoms with E-state index in [9.17, 15) is 4.79 Å². The van der Waals surface area contributed by atoms with Crippen molar-refractivity contribution in [3.63, 3.8) is 0 Å². The van der Waals surface area contributed by atoms with Crippen LogP contribution in [0.3, 0.4) is 0 Å². The van der Waals surface area contributed by atoms with Crippen molar-refractivity contribution < 1.29 is 4.79 Å². The van der Waals surface area contributed by atoms with Crippen LogP contribution in [-0.2, 0) is 4.79 Å². The Morgan fingerprint density at radius 3 is 2.59 bits per heavy atom. The summed E-state index contributed by atoms with van der Waals surface area (Å²) >= 11 is 0. The lowest BCUT2D eigenvalue weighted by atomic mass is 9.92. The molecule has 0 spiro atoms. The number of nitrogens with zero attached hydrogens (tertiary/aromatic N) is 1. The summed E-state index contributed by atoms with van der Waals surface area (Å²) in [6.45, 7) is 9.31. The van der Waals surface area contributed by atoms with Gasteiger partial charge < -0.3 is 10.2 Å². The topological polar surface area (TPSA) is 32.3 Å². The molecule has 0 bridgehead atoms. The number of benzene rings is 1. The second-order valence-corrected chi connectivity index (χ2v) is 6.45. The quantitative estimate of drug-likeness (QED) is 0.836. The van der Waals surface area contributed by atoms with Crippen LogP contribution in [0.5, 0.6) is 0 Å². The van der Waals surface area contributed by atoms with Gasteiger partial charge in [-0.2, -0.15) is 0 Å². The molecular formula is C19H30N2O. The van der Waals surface area contributed by atoms with E-state index in [4.69, 9.17) is 0 Å². The molecule has 22 heavy (non-hydrogen) atoms. The summed E-state index contributed by atoms with van der Waals surface area (Å²) in [5, 5.41) is 3.38. The fourth-order valence-electron chi connectivity index (χ4n) is 3.32. The van der Waals surface area contributed by atoms with Crippen molar-refractivity contribution in [1.82, 2.24) is 10.2 Å². The van der Waals surface area contributed by atoms with Crippen LogP contribution in [0, 0.1) is 6.92 Å². The summed E-state index contributed by atoms with van der Waals surface area (Å²) in [5.41, 5.74) is 2.57. The lowest BCUT2D eigenvalue weighted by Gasteiger charge is -2.30. The first-order valence-corrected chi connectivity index (χ1v) is 8.72. The van der Waals surface area contributed by atoms with Crippen molar-refractivity contribution in [1.29, 1.82) is 0 Å². The van der Waals surface area contributed by atoms with Crippen molar-refractivity contribution >= 4 is 5.91 Å². The van der Waals surface area contributed by atoms with Gasteiger partial charge in [0.05, 0.1) is 0 Å². The summed E-state index contributed by atoms with van der Waals surface area (Å²) in [5.74, 6) is 0.657. The number of aryl methyl sites for hydroxylation is 1. The summed E-state index contributed by atoms with van der Waals surface area (Å²) in [6.07, 6.45) is 3.77. The molecule has 1 heterocycles. The Bertz CT molecular complexity index is 463. The Hall–Kier alpha value is -1.35. The van der Waals surface area contributed by atoms with E-state index < -0.39 is 0 Å². The molecule has 1 N–H and O–H groups in total. The van der Waals surface area contributed by atoms with Crippen molar-refractivity contribution in [2.75, 3.05) is 19.6 Å². The predicted molar refractivity (Wildman–Crippen MR) is 92.1 cm³/mol. The predicted octanol–water partition coefficient (Wildman–Crippen LogP) is 3.48. The SMILES string of the molecule is CCCN(C(=O)CC(CC)c1ccc(C)cc1)C1CCNC1. The van der Waals surface area contributed by atoms with E-state index in [2.05, 4.69) is 55.3 Å². The van der Waals surface area contributed by atoms with Crippen LogP contribution < -0.4 is 5.32 Å². The first kappa shape index (κ1) is 17.0. The molecule has 3 heteroatoms. The fourth-order valence-corrected chi connectivity index (χ4v) is 3.32. The van der Waals surface area contributed by atoms with Crippen LogP contribution in [0.15, 0.2) is 24.3 Å². The van der Waals surface area contributed by atoms with Gasteiger partial charge in [-0.15, -0.1) is 0 Å². The highest BCUT2D eigenvalue weighted by atomic mass is 16.2. The molecular weight excluding hydrogens is 272 g/mol. The summed E-state index contributed by atoms with van der Waals surface area (Å²) in [6, 6.07) is 9.04. The van der Waals surface area contributed by atoms with Crippen LogP contribution in [0.4, 0.5) is 0 Å². The molecule has 1 amide bonds. The van der Waals surface area contributed by atoms with Crippen LogP contribution in [-0.4, -0.2) is 36.5 Å². The maximum absolute atomic E-state index is 12.8. The normalized spacial score (nSPS) is 19.1. The van der Waals surface area contributed by atoms with E-state index in [0.29, 0.717) is 24.3 Å². The first-order chi connectivity index (χ1) is 10.7. The lowest BCUT2D eigenvalue weighted by molar-refractivity contribution is -0.133. The summed E-state index contributed by atoms with van der Waals surface area (Å²) in [7, 11) is 0. The Balaban J connectivity index is 2.04. The molecule has 2 rings (SSSR count). The number of hydrogen-bond donors (Lipinski definition) is 1. The molecule has 1 aliphatic heterocycles. The highest BCUT2D eigenvalue weighted by molar-refractivity contribution is 5.77. The van der Waals surface area contributed by atoms with Crippen molar-refractivity contribution in [3.8, 4) is 0 Å². The fraction of sp³-hybridized carbons (Fsp3) is 0.632. The zero-order valence-electron chi connectivity index (χ0n) is 14.3. The van der Waals surface area contributed by atoms with Gasteiger partial charge in [0.15, 0.2) is 0 Å². The number of carbonyl (C=O) groups excluding carboxylic acids is 1. The van der Waals surface area contributed by atoms with Gasteiger partial charge in [-0.25, -0.2) is 0 Å². The Kier molecular flexibility index (Phi) is 6.44. The highest BCUT2D eigenvalue weighted by Gasteiger charge is 2.27. The minimum atomic E-state index is 0.322. The molecule has 2 atom stereocenters. The molecule has 2 unspecified atom stereocenters. The molecule has 0 saturated carbocycles. The molecule has 1 fully saturated rings. The van der Waals surface area contributed by atoms with E-state index in [-0.39, 0.29) is 0 Å². The van der Waals surface area contributed by atoms with Crippen molar-refractivity contribution in [2.45, 2.75) is 58.4 Å². The number of hydrogen-bond acceptors (Lipinski definition) is 2. The number of carbonyl (C=O) groups is 1. The van der Waals surface area contributed by atoms with Gasteiger partial charge in [0.25, 0.3) is 0 Å². The average Bonchev–Trinajstić information content (AvgIpc) is 3.05. The first-order valence-electron chi connectivity index (χ1n) is 8.72. The van der Waals surface area contributed by atoms with Crippen molar-refractivity contribution in [3.05, 3.63) is 35.4 Å². The van der Waals surface area contributed by atoms with Crippen LogP contribution in [0.25, 0.3) is 0 Å². The minimum Gasteiger partial charge on any atom is -0.338 e. The second kappa shape index (κ2) is 8.33.